The number of hydrogen-bond donors (Lipinski definition) is 3. The van der Waals surface area contributed by atoms with Crippen LogP contribution in [0.25, 0.3) is 0 Å². The molecule has 1 atom stereocenters. The molecule has 0 radical (unpaired) electrons. The Kier molecular flexibility index (Phi) is 10.9. The highest BCUT2D eigenvalue weighted by Crippen LogP contribution is 2.06. The van der Waals surface area contributed by atoms with Crippen LogP contribution in [0.4, 0.5) is 0 Å². The first-order valence-corrected chi connectivity index (χ1v) is 11.0. The van der Waals surface area contributed by atoms with E-state index in [1.165, 1.54) is 6.92 Å². The Morgan fingerprint density at radius 1 is 0.788 bits per heavy atom. The molecule has 0 saturated carbocycles. The largest absolute Gasteiger partial charge is 0.481 e. The zero-order valence-electron chi connectivity index (χ0n) is 18.8. The number of carbonyl (C=O) groups is 4. The van der Waals surface area contributed by atoms with Crippen molar-refractivity contribution >= 4 is 23.4 Å². The molecule has 176 valence electrons. The van der Waals surface area contributed by atoms with Crippen molar-refractivity contribution in [3.05, 3.63) is 71.8 Å². The number of carboxylic acids is 1. The van der Waals surface area contributed by atoms with Crippen LogP contribution >= 0.6 is 0 Å². The zero-order valence-corrected chi connectivity index (χ0v) is 18.8. The number of nitrogens with zero attached hydrogens (tertiary/aromatic N) is 1. The second kappa shape index (κ2) is 13.9. The van der Waals surface area contributed by atoms with Gasteiger partial charge < -0.3 is 20.6 Å². The molecule has 0 fully saturated rings. The third-order valence-electron chi connectivity index (χ3n) is 5.13. The summed E-state index contributed by atoms with van der Waals surface area (Å²) >= 11 is 0. The van der Waals surface area contributed by atoms with Gasteiger partial charge in [-0.1, -0.05) is 67.6 Å². The van der Waals surface area contributed by atoms with E-state index in [9.17, 15) is 19.2 Å². The number of ketones is 2. The SMILES string of the molecule is C[C@@H](CC(=O)N(CCNCC(=O)c1ccccc1)CCNCC(=O)c1ccccc1)C(=O)O. The molecule has 0 spiro atoms. The van der Waals surface area contributed by atoms with Gasteiger partial charge in [-0.2, -0.15) is 0 Å². The van der Waals surface area contributed by atoms with Crippen molar-refractivity contribution in [2.24, 2.45) is 5.92 Å². The van der Waals surface area contributed by atoms with Crippen LogP contribution in [-0.4, -0.2) is 72.7 Å². The Balaban J connectivity index is 1.81. The summed E-state index contributed by atoms with van der Waals surface area (Å²) in [5.74, 6) is -2.19. The van der Waals surface area contributed by atoms with Gasteiger partial charge in [0.05, 0.1) is 19.0 Å². The van der Waals surface area contributed by atoms with Crippen LogP contribution < -0.4 is 10.6 Å². The third-order valence-corrected chi connectivity index (χ3v) is 5.13. The summed E-state index contributed by atoms with van der Waals surface area (Å²) < 4.78 is 0. The Morgan fingerprint density at radius 3 is 1.61 bits per heavy atom. The maximum Gasteiger partial charge on any atom is 0.306 e. The average molecular weight is 454 g/mol. The Hall–Kier alpha value is -3.36. The number of Topliss-reactive ketones (excluding diaryl/α,β-unsaturated/α-hetero) is 2. The molecule has 33 heavy (non-hydrogen) atoms. The van der Waals surface area contributed by atoms with Crippen molar-refractivity contribution in [1.29, 1.82) is 0 Å². The highest BCUT2D eigenvalue weighted by atomic mass is 16.4. The van der Waals surface area contributed by atoms with E-state index >= 15 is 0 Å². The van der Waals surface area contributed by atoms with Crippen LogP contribution in [0.5, 0.6) is 0 Å². The van der Waals surface area contributed by atoms with Gasteiger partial charge in [-0.3, -0.25) is 19.2 Å². The number of carbonyl (C=O) groups excluding carboxylic acids is 3. The van der Waals surface area contributed by atoms with Gasteiger partial charge in [-0.25, -0.2) is 0 Å². The Labute approximate surface area is 194 Å². The van der Waals surface area contributed by atoms with Crippen LogP contribution in [0.1, 0.15) is 34.1 Å². The molecule has 1 amide bonds. The second-order valence-corrected chi connectivity index (χ2v) is 7.76. The molecular weight excluding hydrogens is 422 g/mol. The number of aliphatic carboxylic acids is 1. The van der Waals surface area contributed by atoms with E-state index in [-0.39, 0.29) is 37.0 Å². The molecular formula is C25H31N3O5. The first kappa shape index (κ1) is 25.9. The van der Waals surface area contributed by atoms with E-state index in [2.05, 4.69) is 10.6 Å². The number of hydrogen-bond acceptors (Lipinski definition) is 6. The molecule has 2 rings (SSSR count). The van der Waals surface area contributed by atoms with Crippen LogP contribution in [0, 0.1) is 5.92 Å². The fraction of sp³-hybridized carbons (Fsp3) is 0.360. The average Bonchev–Trinajstić information content (AvgIpc) is 2.83. The molecule has 0 aliphatic heterocycles. The third kappa shape index (κ3) is 9.34. The minimum absolute atomic E-state index is 0.0472. The minimum atomic E-state index is -1.03. The molecule has 2 aromatic carbocycles. The van der Waals surface area contributed by atoms with Crippen LogP contribution in [0.2, 0.25) is 0 Å². The molecule has 0 aliphatic carbocycles. The highest BCUT2D eigenvalue weighted by molar-refractivity contribution is 5.98. The number of rotatable bonds is 15. The normalized spacial score (nSPS) is 11.5. The first-order chi connectivity index (χ1) is 15.9. The molecule has 8 heteroatoms. The van der Waals surface area contributed by atoms with E-state index in [1.54, 1.807) is 53.4 Å². The van der Waals surface area contributed by atoms with Gasteiger partial charge in [0, 0.05) is 43.7 Å². The zero-order chi connectivity index (χ0) is 24.1. The number of benzene rings is 2. The quantitative estimate of drug-likeness (QED) is 0.278. The molecule has 0 aromatic heterocycles. The van der Waals surface area contributed by atoms with Gasteiger partial charge in [0.2, 0.25) is 5.91 Å². The topological polar surface area (TPSA) is 116 Å². The molecule has 0 heterocycles. The molecule has 0 saturated heterocycles. The van der Waals surface area contributed by atoms with Gasteiger partial charge >= 0.3 is 5.97 Å². The van der Waals surface area contributed by atoms with Gasteiger partial charge in [0.1, 0.15) is 0 Å². The van der Waals surface area contributed by atoms with Crippen LogP contribution in [0.3, 0.4) is 0 Å². The van der Waals surface area contributed by atoms with E-state index in [4.69, 9.17) is 5.11 Å². The minimum Gasteiger partial charge on any atom is -0.481 e. The van der Waals surface area contributed by atoms with Crippen LogP contribution in [0.15, 0.2) is 60.7 Å². The fourth-order valence-corrected chi connectivity index (χ4v) is 3.12. The molecule has 3 N–H and O–H groups in total. The monoisotopic (exact) mass is 453 g/mol. The lowest BCUT2D eigenvalue weighted by Gasteiger charge is -2.24. The van der Waals surface area contributed by atoms with Crippen molar-refractivity contribution in [3.8, 4) is 0 Å². The number of amides is 1. The summed E-state index contributed by atoms with van der Waals surface area (Å²) in [5.41, 5.74) is 1.22. The number of carboxylic acid groups (broad SMARTS) is 1. The standard InChI is InChI=1S/C25H31N3O5/c1-19(25(32)33)16-24(31)28(14-12-26-17-22(29)20-8-4-2-5-9-20)15-13-27-18-23(30)21-10-6-3-7-11-21/h2-11,19,26-27H,12-18H2,1H3,(H,32,33)/t19-/m0/s1. The maximum atomic E-state index is 12.6. The van der Waals surface area contributed by atoms with Gasteiger partial charge in [0.15, 0.2) is 11.6 Å². The summed E-state index contributed by atoms with van der Waals surface area (Å²) in [4.78, 5) is 49.7. The summed E-state index contributed by atoms with van der Waals surface area (Å²) in [6.07, 6.45) is -0.110. The molecule has 8 nitrogen and oxygen atoms in total. The van der Waals surface area contributed by atoms with Crippen molar-refractivity contribution in [2.45, 2.75) is 13.3 Å². The summed E-state index contributed by atoms with van der Waals surface area (Å²) in [6, 6.07) is 17.9. The second-order valence-electron chi connectivity index (χ2n) is 7.76. The van der Waals surface area contributed by atoms with Gasteiger partial charge in [-0.15, -0.1) is 0 Å². The summed E-state index contributed by atoms with van der Waals surface area (Å²) in [7, 11) is 0. The lowest BCUT2D eigenvalue weighted by Crippen LogP contribution is -2.43. The Morgan fingerprint density at radius 2 is 1.21 bits per heavy atom. The number of nitrogens with one attached hydrogen (secondary N) is 2. The van der Waals surface area contributed by atoms with Crippen LogP contribution in [-0.2, 0) is 9.59 Å². The lowest BCUT2D eigenvalue weighted by molar-refractivity contribution is -0.145. The maximum absolute atomic E-state index is 12.6. The highest BCUT2D eigenvalue weighted by Gasteiger charge is 2.20. The first-order valence-electron chi connectivity index (χ1n) is 11.0. The fourth-order valence-electron chi connectivity index (χ4n) is 3.12. The van der Waals surface area contributed by atoms with E-state index in [0.717, 1.165) is 0 Å². The van der Waals surface area contributed by atoms with Gasteiger partial charge in [0.25, 0.3) is 0 Å². The predicted octanol–water partition coefficient (Wildman–Crippen LogP) is 1.87. The van der Waals surface area contributed by atoms with Crippen molar-refractivity contribution in [2.75, 3.05) is 39.3 Å². The van der Waals surface area contributed by atoms with Crippen molar-refractivity contribution in [3.63, 3.8) is 0 Å². The molecule has 0 bridgehead atoms. The lowest BCUT2D eigenvalue weighted by atomic mass is 10.1. The smallest absolute Gasteiger partial charge is 0.306 e. The summed E-state index contributed by atoms with van der Waals surface area (Å²) in [5, 5.41) is 15.2. The summed E-state index contributed by atoms with van der Waals surface area (Å²) in [6.45, 7) is 3.18. The van der Waals surface area contributed by atoms with E-state index < -0.39 is 11.9 Å². The molecule has 0 aliphatic rings. The van der Waals surface area contributed by atoms with Crippen molar-refractivity contribution < 1.29 is 24.3 Å². The Bertz CT molecular complexity index is 859. The van der Waals surface area contributed by atoms with E-state index in [0.29, 0.717) is 37.3 Å². The van der Waals surface area contributed by atoms with Crippen molar-refractivity contribution in [1.82, 2.24) is 15.5 Å². The predicted molar refractivity (Wildman–Crippen MR) is 125 cm³/mol. The van der Waals surface area contributed by atoms with Gasteiger partial charge in [-0.05, 0) is 0 Å². The molecule has 2 aromatic rings. The van der Waals surface area contributed by atoms with E-state index in [1.807, 2.05) is 12.1 Å². The molecule has 0 unspecified atom stereocenters.